The smallest absolute Gasteiger partial charge is 0.234 e. The van der Waals surface area contributed by atoms with Gasteiger partial charge in [0.15, 0.2) is 0 Å². The zero-order valence-corrected chi connectivity index (χ0v) is 10.2. The van der Waals surface area contributed by atoms with E-state index in [1.165, 1.54) is 0 Å². The third kappa shape index (κ3) is 4.25. The summed E-state index contributed by atoms with van der Waals surface area (Å²) in [7, 11) is 1.88. The van der Waals surface area contributed by atoms with E-state index in [4.69, 9.17) is 5.26 Å². The highest BCUT2D eigenvalue weighted by Crippen LogP contribution is 2.04. The van der Waals surface area contributed by atoms with Gasteiger partial charge in [-0.15, -0.1) is 0 Å². The van der Waals surface area contributed by atoms with E-state index < -0.39 is 0 Å². The Labute approximate surface area is 101 Å². The van der Waals surface area contributed by atoms with Crippen molar-refractivity contribution in [1.82, 2.24) is 20.4 Å². The Kier molecular flexibility index (Phi) is 5.17. The fourth-order valence-electron chi connectivity index (χ4n) is 1.35. The summed E-state index contributed by atoms with van der Waals surface area (Å²) in [6.45, 7) is 3.26. The fourth-order valence-corrected chi connectivity index (χ4v) is 1.35. The first-order valence-corrected chi connectivity index (χ1v) is 5.47. The van der Waals surface area contributed by atoms with Crippen LogP contribution >= 0.6 is 0 Å². The van der Waals surface area contributed by atoms with Crippen molar-refractivity contribution in [2.24, 2.45) is 7.05 Å². The first-order valence-electron chi connectivity index (χ1n) is 5.47. The summed E-state index contributed by atoms with van der Waals surface area (Å²) in [6, 6.07) is 1.97. The molecule has 0 unspecified atom stereocenters. The number of rotatable bonds is 6. The maximum atomic E-state index is 11.3. The lowest BCUT2D eigenvalue weighted by molar-refractivity contribution is -0.120. The highest BCUT2D eigenvalue weighted by atomic mass is 16.1. The molecule has 0 aliphatic carbocycles. The van der Waals surface area contributed by atoms with Crippen molar-refractivity contribution in [2.45, 2.75) is 19.9 Å². The molecule has 1 amide bonds. The van der Waals surface area contributed by atoms with Crippen LogP contribution < -0.4 is 10.6 Å². The molecule has 0 bridgehead atoms. The van der Waals surface area contributed by atoms with Crippen LogP contribution in [0.15, 0.2) is 6.20 Å². The number of nitriles is 1. The number of hydrogen-bond acceptors (Lipinski definition) is 4. The Hall–Kier alpha value is -1.87. The van der Waals surface area contributed by atoms with Gasteiger partial charge >= 0.3 is 0 Å². The van der Waals surface area contributed by atoms with Crippen molar-refractivity contribution in [2.75, 3.05) is 13.1 Å². The number of hydrogen-bond donors (Lipinski definition) is 2. The molecule has 0 spiro atoms. The lowest BCUT2D eigenvalue weighted by Gasteiger charge is -2.05. The van der Waals surface area contributed by atoms with Crippen molar-refractivity contribution in [3.63, 3.8) is 0 Å². The average molecular weight is 235 g/mol. The van der Waals surface area contributed by atoms with Crippen molar-refractivity contribution < 1.29 is 4.79 Å². The Morgan fingerprint density at radius 2 is 2.41 bits per heavy atom. The second-order valence-electron chi connectivity index (χ2n) is 3.74. The molecule has 0 atom stereocenters. The highest BCUT2D eigenvalue weighted by Gasteiger charge is 2.04. The molecule has 1 rings (SSSR count). The van der Waals surface area contributed by atoms with Crippen LogP contribution in [-0.2, 0) is 18.4 Å². The molecule has 0 aliphatic heterocycles. The summed E-state index contributed by atoms with van der Waals surface area (Å²) >= 11 is 0. The highest BCUT2D eigenvalue weighted by molar-refractivity contribution is 5.77. The van der Waals surface area contributed by atoms with Crippen LogP contribution in [0.25, 0.3) is 0 Å². The van der Waals surface area contributed by atoms with E-state index in [2.05, 4.69) is 15.7 Å². The zero-order chi connectivity index (χ0) is 12.7. The predicted molar refractivity (Wildman–Crippen MR) is 62.9 cm³/mol. The third-order valence-electron chi connectivity index (χ3n) is 2.50. The predicted octanol–water partition coefficient (Wildman–Crippen LogP) is -0.152. The monoisotopic (exact) mass is 235 g/mol. The normalized spacial score (nSPS) is 9.94. The maximum Gasteiger partial charge on any atom is 0.234 e. The van der Waals surface area contributed by atoms with E-state index >= 15 is 0 Å². The van der Waals surface area contributed by atoms with Gasteiger partial charge in [0, 0.05) is 31.4 Å². The minimum atomic E-state index is -0.0956. The van der Waals surface area contributed by atoms with Gasteiger partial charge in [0.05, 0.1) is 25.2 Å². The molecule has 0 radical (unpaired) electrons. The summed E-state index contributed by atoms with van der Waals surface area (Å²) < 4.78 is 1.80. The van der Waals surface area contributed by atoms with Crippen LogP contribution in [0.3, 0.4) is 0 Å². The average Bonchev–Trinajstić information content (AvgIpc) is 2.61. The molecular weight excluding hydrogens is 218 g/mol. The van der Waals surface area contributed by atoms with E-state index in [0.29, 0.717) is 19.5 Å². The van der Waals surface area contributed by atoms with Crippen molar-refractivity contribution >= 4 is 5.91 Å². The number of nitrogens with one attached hydrogen (secondary N) is 2. The molecule has 0 aromatic carbocycles. The molecule has 0 saturated carbocycles. The van der Waals surface area contributed by atoms with Gasteiger partial charge in [-0.3, -0.25) is 9.48 Å². The van der Waals surface area contributed by atoms with E-state index in [1.54, 1.807) is 10.9 Å². The van der Waals surface area contributed by atoms with E-state index in [0.717, 1.165) is 11.3 Å². The van der Waals surface area contributed by atoms with E-state index in [1.807, 2.05) is 20.0 Å². The minimum Gasteiger partial charge on any atom is -0.354 e. The van der Waals surface area contributed by atoms with Gasteiger partial charge in [0.25, 0.3) is 0 Å². The number of carbonyl (C=O) groups is 1. The zero-order valence-electron chi connectivity index (χ0n) is 10.2. The minimum absolute atomic E-state index is 0.0956. The van der Waals surface area contributed by atoms with Crippen LogP contribution in [0.2, 0.25) is 0 Å². The molecular formula is C11H17N5O. The van der Waals surface area contributed by atoms with Gasteiger partial charge in [0.2, 0.25) is 5.91 Å². The van der Waals surface area contributed by atoms with Crippen LogP contribution in [-0.4, -0.2) is 28.8 Å². The van der Waals surface area contributed by atoms with Crippen LogP contribution in [0, 0.1) is 18.3 Å². The Balaban J connectivity index is 2.22. The number of aromatic nitrogens is 2. The largest absolute Gasteiger partial charge is 0.354 e. The standard InChI is InChI=1S/C11H17N5O/c1-9-10(7-15-16(9)2)6-13-8-11(17)14-5-3-4-12/h7,13H,3,5-6,8H2,1-2H3,(H,14,17). The summed E-state index contributed by atoms with van der Waals surface area (Å²) in [5.74, 6) is -0.0956. The Morgan fingerprint density at radius 1 is 1.65 bits per heavy atom. The fraction of sp³-hybridized carbons (Fsp3) is 0.545. The van der Waals surface area contributed by atoms with Gasteiger partial charge in [0.1, 0.15) is 0 Å². The van der Waals surface area contributed by atoms with E-state index in [-0.39, 0.29) is 12.5 Å². The van der Waals surface area contributed by atoms with Gasteiger partial charge in [-0.2, -0.15) is 10.4 Å². The first-order chi connectivity index (χ1) is 8.15. The molecule has 2 N–H and O–H groups in total. The third-order valence-corrected chi connectivity index (χ3v) is 2.50. The molecule has 6 heteroatoms. The summed E-state index contributed by atoms with van der Waals surface area (Å²) in [5.41, 5.74) is 2.17. The molecule has 1 heterocycles. The number of aryl methyl sites for hydroxylation is 1. The lowest BCUT2D eigenvalue weighted by Crippen LogP contribution is -2.34. The van der Waals surface area contributed by atoms with Crippen molar-refractivity contribution in [3.05, 3.63) is 17.5 Å². The summed E-state index contributed by atoms with van der Waals surface area (Å²) in [5, 5.41) is 18.1. The molecule has 0 fully saturated rings. The topological polar surface area (TPSA) is 82.7 Å². The molecule has 1 aromatic rings. The van der Waals surface area contributed by atoms with Gasteiger partial charge < -0.3 is 10.6 Å². The lowest BCUT2D eigenvalue weighted by atomic mass is 10.2. The maximum absolute atomic E-state index is 11.3. The van der Waals surface area contributed by atoms with Crippen LogP contribution in [0.1, 0.15) is 17.7 Å². The molecule has 1 aromatic heterocycles. The molecule has 0 saturated heterocycles. The second-order valence-corrected chi connectivity index (χ2v) is 3.74. The van der Waals surface area contributed by atoms with Crippen LogP contribution in [0.4, 0.5) is 0 Å². The van der Waals surface area contributed by atoms with Gasteiger partial charge in [-0.1, -0.05) is 0 Å². The Morgan fingerprint density at radius 3 is 3.00 bits per heavy atom. The van der Waals surface area contributed by atoms with Crippen molar-refractivity contribution in [1.29, 1.82) is 5.26 Å². The first kappa shape index (κ1) is 13.2. The summed E-state index contributed by atoms with van der Waals surface area (Å²) in [6.07, 6.45) is 2.13. The van der Waals surface area contributed by atoms with Gasteiger partial charge in [-0.25, -0.2) is 0 Å². The number of carbonyl (C=O) groups excluding carboxylic acids is 1. The van der Waals surface area contributed by atoms with Gasteiger partial charge in [-0.05, 0) is 6.92 Å². The second kappa shape index (κ2) is 6.66. The Bertz CT molecular complexity index is 418. The van der Waals surface area contributed by atoms with E-state index in [9.17, 15) is 4.79 Å². The quantitative estimate of drug-likeness (QED) is 0.672. The van der Waals surface area contributed by atoms with Crippen LogP contribution in [0.5, 0.6) is 0 Å². The summed E-state index contributed by atoms with van der Waals surface area (Å²) in [4.78, 5) is 11.3. The number of amides is 1. The molecule has 6 nitrogen and oxygen atoms in total. The SMILES string of the molecule is Cc1c(CNCC(=O)NCCC#N)cnn1C. The molecule has 17 heavy (non-hydrogen) atoms. The van der Waals surface area contributed by atoms with Crippen molar-refractivity contribution in [3.8, 4) is 6.07 Å². The molecule has 0 aliphatic rings. The molecule has 92 valence electrons. The number of nitrogens with zero attached hydrogens (tertiary/aromatic N) is 3.